The van der Waals surface area contributed by atoms with Gasteiger partial charge in [0, 0.05) is 56.3 Å². The maximum absolute atomic E-state index is 5.64. The highest BCUT2D eigenvalue weighted by Gasteiger charge is 2.34. The molecule has 3 aliphatic rings. The first-order chi connectivity index (χ1) is 9.93. The van der Waals surface area contributed by atoms with Crippen molar-refractivity contribution in [1.29, 1.82) is 0 Å². The summed E-state index contributed by atoms with van der Waals surface area (Å²) in [6.07, 6.45) is 4.08. The maximum atomic E-state index is 5.64. The molecule has 3 unspecified atom stereocenters. The summed E-state index contributed by atoms with van der Waals surface area (Å²) in [7, 11) is 0. The van der Waals surface area contributed by atoms with Crippen LogP contribution in [0.2, 0.25) is 0 Å². The van der Waals surface area contributed by atoms with Crippen molar-refractivity contribution >= 4 is 24.2 Å². The minimum absolute atomic E-state index is 0. The quantitative estimate of drug-likeness (QED) is 0.789. The van der Waals surface area contributed by atoms with E-state index in [1.54, 1.807) is 0 Å². The number of nitrogens with one attached hydrogen (secondary N) is 2. The molecule has 1 saturated carbocycles. The number of hydrogen-bond donors (Lipinski definition) is 2. The highest BCUT2D eigenvalue weighted by Crippen LogP contribution is 2.29. The fourth-order valence-corrected chi connectivity index (χ4v) is 4.80. The van der Waals surface area contributed by atoms with Crippen molar-refractivity contribution in [3.05, 3.63) is 0 Å². The molecule has 21 heavy (non-hydrogen) atoms. The second-order valence-electron chi connectivity index (χ2n) is 6.24. The molecular weight excluding hydrogens is 306 g/mol. The fraction of sp³-hybridized carbons (Fsp3) is 1.00. The van der Waals surface area contributed by atoms with Gasteiger partial charge >= 0.3 is 0 Å². The van der Waals surface area contributed by atoms with Crippen molar-refractivity contribution < 1.29 is 4.74 Å². The van der Waals surface area contributed by atoms with Crippen molar-refractivity contribution in [3.63, 3.8) is 0 Å². The molecule has 3 atom stereocenters. The van der Waals surface area contributed by atoms with Gasteiger partial charge in [0.25, 0.3) is 0 Å². The summed E-state index contributed by atoms with van der Waals surface area (Å²) in [6, 6.07) is 1.28. The number of morpholine rings is 1. The number of thioether (sulfide) groups is 1. The van der Waals surface area contributed by atoms with Crippen molar-refractivity contribution in [2.45, 2.75) is 31.3 Å². The van der Waals surface area contributed by atoms with E-state index < -0.39 is 0 Å². The zero-order valence-corrected chi connectivity index (χ0v) is 14.5. The Balaban J connectivity index is 0.00000161. The van der Waals surface area contributed by atoms with E-state index in [0.29, 0.717) is 12.1 Å². The number of ether oxygens (including phenoxy) is 1. The summed E-state index contributed by atoms with van der Waals surface area (Å²) in [5.74, 6) is 3.40. The van der Waals surface area contributed by atoms with Crippen molar-refractivity contribution in [2.75, 3.05) is 57.4 Å². The second-order valence-corrected chi connectivity index (χ2v) is 7.47. The van der Waals surface area contributed by atoms with Gasteiger partial charge in [-0.2, -0.15) is 11.8 Å². The maximum Gasteiger partial charge on any atom is 0.0623 e. The topological polar surface area (TPSA) is 36.5 Å². The molecule has 3 fully saturated rings. The van der Waals surface area contributed by atoms with Crippen LogP contribution in [0.25, 0.3) is 0 Å². The van der Waals surface area contributed by atoms with E-state index in [1.165, 1.54) is 50.4 Å². The zero-order valence-electron chi connectivity index (χ0n) is 12.9. The molecule has 0 spiro atoms. The van der Waals surface area contributed by atoms with Gasteiger partial charge in [0.05, 0.1) is 13.2 Å². The summed E-state index contributed by atoms with van der Waals surface area (Å²) >= 11 is 2.09. The highest BCUT2D eigenvalue weighted by atomic mass is 35.5. The molecule has 0 bridgehead atoms. The van der Waals surface area contributed by atoms with Crippen LogP contribution >= 0.6 is 24.2 Å². The Morgan fingerprint density at radius 2 is 2.10 bits per heavy atom. The lowest BCUT2D eigenvalue weighted by Crippen LogP contribution is -2.51. The predicted molar refractivity (Wildman–Crippen MR) is 92.8 cm³/mol. The van der Waals surface area contributed by atoms with Crippen molar-refractivity contribution in [2.24, 2.45) is 5.92 Å². The first kappa shape index (κ1) is 17.8. The van der Waals surface area contributed by atoms with Gasteiger partial charge in [-0.05, 0) is 18.8 Å². The van der Waals surface area contributed by atoms with Gasteiger partial charge in [-0.25, -0.2) is 0 Å². The second kappa shape index (κ2) is 9.58. The van der Waals surface area contributed by atoms with Gasteiger partial charge < -0.3 is 20.3 Å². The molecule has 2 N–H and O–H groups in total. The van der Waals surface area contributed by atoms with Gasteiger partial charge in [-0.3, -0.25) is 0 Å². The van der Waals surface area contributed by atoms with Crippen LogP contribution in [0.5, 0.6) is 0 Å². The molecule has 4 nitrogen and oxygen atoms in total. The molecule has 1 aliphatic carbocycles. The monoisotopic (exact) mass is 335 g/mol. The Kier molecular flexibility index (Phi) is 8.13. The Morgan fingerprint density at radius 1 is 1.24 bits per heavy atom. The molecular formula is C15H30ClN3OS. The van der Waals surface area contributed by atoms with E-state index >= 15 is 0 Å². The summed E-state index contributed by atoms with van der Waals surface area (Å²) in [6.45, 7) is 7.74. The third-order valence-electron chi connectivity index (χ3n) is 4.97. The standard InChI is InChI=1S/C15H29N3OS.ClH/c1-2-13(15-12-19-9-5-17-15)14(3-1)16-4-6-18-7-10-20-11-8-18;/h13-17H,1-12H2;1H. The molecule has 6 heteroatoms. The van der Waals surface area contributed by atoms with E-state index in [-0.39, 0.29) is 12.4 Å². The van der Waals surface area contributed by atoms with Crippen LogP contribution in [0.3, 0.4) is 0 Å². The Hall–Kier alpha value is 0.480. The first-order valence-corrected chi connectivity index (χ1v) is 9.43. The van der Waals surface area contributed by atoms with Crippen molar-refractivity contribution in [1.82, 2.24) is 15.5 Å². The number of halogens is 1. The SMILES string of the molecule is C1CC(NCCN2CCSCC2)C(C2COCCN2)C1.Cl. The lowest BCUT2D eigenvalue weighted by Gasteiger charge is -2.33. The smallest absolute Gasteiger partial charge is 0.0623 e. The Morgan fingerprint density at radius 3 is 2.86 bits per heavy atom. The Bertz CT molecular complexity index is 286. The molecule has 2 saturated heterocycles. The number of hydrogen-bond acceptors (Lipinski definition) is 5. The van der Waals surface area contributed by atoms with Crippen LogP contribution in [0.15, 0.2) is 0 Å². The number of nitrogens with zero attached hydrogens (tertiary/aromatic N) is 1. The zero-order chi connectivity index (χ0) is 13.6. The summed E-state index contributed by atoms with van der Waals surface area (Å²) < 4.78 is 5.64. The van der Waals surface area contributed by atoms with Crippen molar-refractivity contribution in [3.8, 4) is 0 Å². The lowest BCUT2D eigenvalue weighted by atomic mass is 9.94. The van der Waals surface area contributed by atoms with Gasteiger partial charge in [-0.15, -0.1) is 12.4 Å². The van der Waals surface area contributed by atoms with Crippen LogP contribution in [0.1, 0.15) is 19.3 Å². The minimum Gasteiger partial charge on any atom is -0.379 e. The average Bonchev–Trinajstić information content (AvgIpc) is 2.98. The normalized spacial score (nSPS) is 34.6. The van der Waals surface area contributed by atoms with Crippen LogP contribution in [-0.4, -0.2) is 74.4 Å². The molecule has 0 aromatic heterocycles. The largest absolute Gasteiger partial charge is 0.379 e. The lowest BCUT2D eigenvalue weighted by molar-refractivity contribution is 0.0524. The predicted octanol–water partition coefficient (Wildman–Crippen LogP) is 1.20. The van der Waals surface area contributed by atoms with E-state index in [4.69, 9.17) is 4.74 Å². The minimum atomic E-state index is 0. The summed E-state index contributed by atoms with van der Waals surface area (Å²) in [5.41, 5.74) is 0. The van der Waals surface area contributed by atoms with Gasteiger partial charge in [0.2, 0.25) is 0 Å². The van der Waals surface area contributed by atoms with Gasteiger partial charge in [0.15, 0.2) is 0 Å². The summed E-state index contributed by atoms with van der Waals surface area (Å²) in [4.78, 5) is 2.61. The average molecular weight is 336 g/mol. The highest BCUT2D eigenvalue weighted by molar-refractivity contribution is 7.99. The molecule has 0 amide bonds. The Labute approximate surface area is 139 Å². The molecule has 3 rings (SSSR count). The summed E-state index contributed by atoms with van der Waals surface area (Å²) in [5, 5.41) is 7.48. The van der Waals surface area contributed by atoms with E-state index in [2.05, 4.69) is 27.3 Å². The molecule has 2 heterocycles. The third-order valence-corrected chi connectivity index (χ3v) is 5.92. The van der Waals surface area contributed by atoms with Crippen LogP contribution in [0.4, 0.5) is 0 Å². The van der Waals surface area contributed by atoms with Crippen LogP contribution < -0.4 is 10.6 Å². The molecule has 124 valence electrons. The molecule has 2 aliphatic heterocycles. The fourth-order valence-electron chi connectivity index (χ4n) is 3.82. The molecule has 0 radical (unpaired) electrons. The van der Waals surface area contributed by atoms with Gasteiger partial charge in [0.1, 0.15) is 0 Å². The van der Waals surface area contributed by atoms with E-state index in [1.807, 2.05) is 0 Å². The van der Waals surface area contributed by atoms with Gasteiger partial charge in [-0.1, -0.05) is 6.42 Å². The first-order valence-electron chi connectivity index (χ1n) is 8.28. The van der Waals surface area contributed by atoms with Crippen LogP contribution in [-0.2, 0) is 4.74 Å². The van der Waals surface area contributed by atoms with Crippen LogP contribution in [0, 0.1) is 5.92 Å². The van der Waals surface area contributed by atoms with E-state index in [0.717, 1.165) is 32.2 Å². The molecule has 0 aromatic carbocycles. The third kappa shape index (κ3) is 5.26. The number of rotatable bonds is 5. The molecule has 0 aromatic rings. The van der Waals surface area contributed by atoms with E-state index in [9.17, 15) is 0 Å².